The van der Waals surface area contributed by atoms with E-state index in [-0.39, 0.29) is 43.4 Å². The van der Waals surface area contributed by atoms with Gasteiger partial charge in [0, 0.05) is 37.4 Å². The van der Waals surface area contributed by atoms with E-state index in [0.29, 0.717) is 30.7 Å². The van der Waals surface area contributed by atoms with E-state index in [9.17, 15) is 27.6 Å². The third kappa shape index (κ3) is 6.34. The Bertz CT molecular complexity index is 1110. The van der Waals surface area contributed by atoms with Crippen molar-refractivity contribution in [3.8, 4) is 0 Å². The van der Waals surface area contributed by atoms with Gasteiger partial charge in [-0.3, -0.25) is 9.59 Å². The monoisotopic (exact) mass is 505 g/mol. The summed E-state index contributed by atoms with van der Waals surface area (Å²) in [4.78, 5) is 36.5. The molecular formula is C25H26F3N3O5. The highest BCUT2D eigenvalue weighted by molar-refractivity contribution is 5.90. The number of anilines is 2. The molecule has 2 aromatic rings. The first-order valence-corrected chi connectivity index (χ1v) is 11.5. The van der Waals surface area contributed by atoms with Crippen LogP contribution in [0.1, 0.15) is 36.8 Å². The fourth-order valence-electron chi connectivity index (χ4n) is 4.20. The third-order valence-corrected chi connectivity index (χ3v) is 6.14. The molecule has 0 bridgehead atoms. The van der Waals surface area contributed by atoms with E-state index in [2.05, 4.69) is 16.0 Å². The molecule has 3 N–H and O–H groups in total. The van der Waals surface area contributed by atoms with Gasteiger partial charge in [0.25, 0.3) is 0 Å². The van der Waals surface area contributed by atoms with Crippen LogP contribution >= 0.6 is 0 Å². The number of para-hydroxylation sites is 1. The standard InChI is InChI=1S/C25H26F3N3O5/c26-25(27,28)20-3-1-2-4-21(20)30-18-8-5-16(6-9-18)14-29-23(34)36-24(11-12-35-15-24)31-22(33)17-7-10-19(32)13-17/h1-6,8-9,17,30H,7,10-15H2,(H,29,34)(H,31,33)/t17?,24-/m0/s1. The first kappa shape index (κ1) is 25.5. The van der Waals surface area contributed by atoms with Crippen molar-refractivity contribution in [3.63, 3.8) is 0 Å². The average Bonchev–Trinajstić information content (AvgIpc) is 3.47. The fraction of sp³-hybridized carbons (Fsp3) is 0.400. The molecule has 1 saturated carbocycles. The van der Waals surface area contributed by atoms with Gasteiger partial charge in [-0.25, -0.2) is 4.79 Å². The zero-order valence-corrected chi connectivity index (χ0v) is 19.3. The number of hydrogen-bond acceptors (Lipinski definition) is 6. The van der Waals surface area contributed by atoms with E-state index in [0.717, 1.165) is 6.07 Å². The van der Waals surface area contributed by atoms with Gasteiger partial charge in [-0.1, -0.05) is 24.3 Å². The minimum absolute atomic E-state index is 0.00654. The lowest BCUT2D eigenvalue weighted by atomic mass is 10.1. The van der Waals surface area contributed by atoms with Gasteiger partial charge in [0.2, 0.25) is 11.6 Å². The number of Topliss-reactive ketones (excluding diaryl/α,β-unsaturated/α-hetero) is 1. The summed E-state index contributed by atoms with van der Waals surface area (Å²) in [5.74, 6) is -0.734. The predicted molar refractivity (Wildman–Crippen MR) is 123 cm³/mol. The average molecular weight is 505 g/mol. The molecule has 1 unspecified atom stereocenters. The molecule has 1 heterocycles. The molecule has 0 radical (unpaired) electrons. The number of carbonyl (C=O) groups excluding carboxylic acids is 3. The largest absolute Gasteiger partial charge is 0.420 e. The van der Waals surface area contributed by atoms with Crippen LogP contribution in [0, 0.1) is 5.92 Å². The Morgan fingerprint density at radius 1 is 1.11 bits per heavy atom. The van der Waals surface area contributed by atoms with Crippen LogP contribution in [-0.2, 0) is 31.8 Å². The van der Waals surface area contributed by atoms with E-state index >= 15 is 0 Å². The molecule has 192 valence electrons. The molecule has 11 heteroatoms. The van der Waals surface area contributed by atoms with E-state index in [1.807, 2.05) is 0 Å². The lowest BCUT2D eigenvalue weighted by Gasteiger charge is -2.29. The molecule has 4 rings (SSSR count). The summed E-state index contributed by atoms with van der Waals surface area (Å²) in [5, 5.41) is 8.11. The number of amides is 2. The van der Waals surface area contributed by atoms with Crippen LogP contribution in [0.15, 0.2) is 48.5 Å². The van der Waals surface area contributed by atoms with E-state index in [1.54, 1.807) is 24.3 Å². The van der Waals surface area contributed by atoms with Gasteiger partial charge in [0.15, 0.2) is 0 Å². The lowest BCUT2D eigenvalue weighted by Crippen LogP contribution is -2.55. The second kappa shape index (κ2) is 10.6. The van der Waals surface area contributed by atoms with Crippen LogP contribution < -0.4 is 16.0 Å². The molecular weight excluding hydrogens is 479 g/mol. The van der Waals surface area contributed by atoms with E-state index < -0.39 is 29.5 Å². The third-order valence-electron chi connectivity index (χ3n) is 6.14. The number of nitrogens with one attached hydrogen (secondary N) is 3. The van der Waals surface area contributed by atoms with Crippen LogP contribution in [0.25, 0.3) is 0 Å². The molecule has 8 nitrogen and oxygen atoms in total. The minimum atomic E-state index is -4.48. The second-order valence-electron chi connectivity index (χ2n) is 8.87. The van der Waals surface area contributed by atoms with Crippen molar-refractivity contribution in [2.24, 2.45) is 5.92 Å². The van der Waals surface area contributed by atoms with E-state index in [4.69, 9.17) is 9.47 Å². The van der Waals surface area contributed by atoms with Crippen LogP contribution in [-0.4, -0.2) is 36.7 Å². The maximum atomic E-state index is 13.2. The van der Waals surface area contributed by atoms with Gasteiger partial charge < -0.3 is 25.4 Å². The van der Waals surface area contributed by atoms with Gasteiger partial charge in [-0.15, -0.1) is 0 Å². The van der Waals surface area contributed by atoms with Crippen molar-refractivity contribution in [2.75, 3.05) is 18.5 Å². The molecule has 2 amide bonds. The number of carbonyl (C=O) groups is 3. The zero-order chi connectivity index (χ0) is 25.8. The number of alkyl carbamates (subject to hydrolysis) is 1. The van der Waals surface area contributed by atoms with Gasteiger partial charge >= 0.3 is 12.3 Å². The Kier molecular flexibility index (Phi) is 7.48. The normalized spacial score (nSPS) is 21.8. The van der Waals surface area contributed by atoms with Crippen molar-refractivity contribution in [1.29, 1.82) is 0 Å². The zero-order valence-electron chi connectivity index (χ0n) is 19.3. The Hall–Kier alpha value is -3.60. The Morgan fingerprint density at radius 3 is 2.50 bits per heavy atom. The van der Waals surface area contributed by atoms with Crippen LogP contribution in [0.5, 0.6) is 0 Å². The molecule has 0 spiro atoms. The van der Waals surface area contributed by atoms with Crippen molar-refractivity contribution < 1.29 is 37.0 Å². The number of rotatable bonds is 7. The topological polar surface area (TPSA) is 106 Å². The summed E-state index contributed by atoms with van der Waals surface area (Å²) in [6.45, 7) is 0.413. The molecule has 1 aliphatic carbocycles. The SMILES string of the molecule is O=C1CCC(C(=O)N[C@]2(OC(=O)NCc3ccc(Nc4ccccc4C(F)(F)F)cc3)CCOC2)C1. The highest BCUT2D eigenvalue weighted by atomic mass is 19.4. The summed E-state index contributed by atoms with van der Waals surface area (Å²) in [7, 11) is 0. The van der Waals surface area contributed by atoms with Crippen molar-refractivity contribution in [2.45, 2.75) is 44.1 Å². The smallest absolute Gasteiger partial charge is 0.418 e. The highest BCUT2D eigenvalue weighted by Crippen LogP contribution is 2.35. The number of benzene rings is 2. The maximum Gasteiger partial charge on any atom is 0.418 e. The number of hydrogen-bond donors (Lipinski definition) is 3. The van der Waals surface area contributed by atoms with Crippen molar-refractivity contribution in [1.82, 2.24) is 10.6 Å². The van der Waals surface area contributed by atoms with Crippen LogP contribution in [0.3, 0.4) is 0 Å². The maximum absolute atomic E-state index is 13.2. The Morgan fingerprint density at radius 2 is 1.86 bits per heavy atom. The van der Waals surface area contributed by atoms with Crippen molar-refractivity contribution >= 4 is 29.2 Å². The first-order chi connectivity index (χ1) is 17.1. The van der Waals surface area contributed by atoms with E-state index in [1.165, 1.54) is 18.2 Å². The minimum Gasteiger partial charge on any atom is -0.420 e. The Balaban J connectivity index is 1.31. The summed E-state index contributed by atoms with van der Waals surface area (Å²) in [6.07, 6.45) is -3.94. The summed E-state index contributed by atoms with van der Waals surface area (Å²) < 4.78 is 50.4. The molecule has 1 saturated heterocycles. The summed E-state index contributed by atoms with van der Waals surface area (Å²) in [6, 6.07) is 11.7. The number of ether oxygens (including phenoxy) is 2. The first-order valence-electron chi connectivity index (χ1n) is 11.5. The number of ketones is 1. The lowest BCUT2D eigenvalue weighted by molar-refractivity contribution is -0.137. The van der Waals surface area contributed by atoms with Gasteiger partial charge in [-0.2, -0.15) is 13.2 Å². The number of alkyl halides is 3. The van der Waals surface area contributed by atoms with Crippen molar-refractivity contribution in [3.05, 3.63) is 59.7 Å². The highest BCUT2D eigenvalue weighted by Gasteiger charge is 2.42. The van der Waals surface area contributed by atoms with Crippen LogP contribution in [0.4, 0.5) is 29.3 Å². The molecule has 0 aromatic heterocycles. The summed E-state index contributed by atoms with van der Waals surface area (Å²) >= 11 is 0. The van der Waals surface area contributed by atoms with Gasteiger partial charge in [0.05, 0.1) is 17.9 Å². The Labute approximate surface area is 205 Å². The second-order valence-corrected chi connectivity index (χ2v) is 8.87. The molecule has 2 aliphatic rings. The molecule has 1 aliphatic heterocycles. The van der Waals surface area contributed by atoms with Gasteiger partial charge in [-0.05, 0) is 36.2 Å². The molecule has 36 heavy (non-hydrogen) atoms. The fourth-order valence-corrected chi connectivity index (χ4v) is 4.20. The quantitative estimate of drug-likeness (QED) is 0.486. The molecule has 2 aromatic carbocycles. The molecule has 2 atom stereocenters. The molecule has 2 fully saturated rings. The number of halogens is 3. The van der Waals surface area contributed by atoms with Gasteiger partial charge in [0.1, 0.15) is 12.4 Å². The predicted octanol–water partition coefficient (Wildman–Crippen LogP) is 4.28. The summed E-state index contributed by atoms with van der Waals surface area (Å²) in [5.41, 5.74) is -0.991. The van der Waals surface area contributed by atoms with Crippen LogP contribution in [0.2, 0.25) is 0 Å².